The number of nitrogens with zero attached hydrogens (tertiary/aromatic N) is 2. The minimum atomic E-state index is -0.0908. The SMILES string of the molecule is Cc1cccc(N2CCN(C(=O)Nc3c(C)cccc3Cl)CC2C)c1. The fourth-order valence-electron chi connectivity index (χ4n) is 3.31. The number of hydrogen-bond donors (Lipinski definition) is 1. The molecule has 132 valence electrons. The Kier molecular flexibility index (Phi) is 5.19. The zero-order chi connectivity index (χ0) is 18.0. The van der Waals surface area contributed by atoms with E-state index in [0.29, 0.717) is 23.8 Å². The van der Waals surface area contributed by atoms with E-state index < -0.39 is 0 Å². The number of carbonyl (C=O) groups excluding carboxylic acids is 1. The van der Waals surface area contributed by atoms with Crippen molar-refractivity contribution in [3.63, 3.8) is 0 Å². The Bertz CT molecular complexity index is 757. The number of halogens is 1. The number of para-hydroxylation sites is 1. The number of rotatable bonds is 2. The van der Waals surface area contributed by atoms with Crippen LogP contribution >= 0.6 is 11.6 Å². The van der Waals surface area contributed by atoms with E-state index in [2.05, 4.69) is 48.3 Å². The number of nitrogens with one attached hydrogen (secondary N) is 1. The van der Waals surface area contributed by atoms with Crippen LogP contribution in [-0.4, -0.2) is 36.6 Å². The molecule has 0 aromatic heterocycles. The van der Waals surface area contributed by atoms with E-state index in [0.717, 1.165) is 12.1 Å². The van der Waals surface area contributed by atoms with Gasteiger partial charge in [-0.05, 0) is 50.1 Å². The van der Waals surface area contributed by atoms with Crippen LogP contribution in [0, 0.1) is 13.8 Å². The third kappa shape index (κ3) is 3.90. The molecular weight excluding hydrogens is 334 g/mol. The lowest BCUT2D eigenvalue weighted by atomic mass is 10.1. The summed E-state index contributed by atoms with van der Waals surface area (Å²) in [6, 6.07) is 14.3. The van der Waals surface area contributed by atoms with Gasteiger partial charge >= 0.3 is 6.03 Å². The van der Waals surface area contributed by atoms with Gasteiger partial charge < -0.3 is 15.1 Å². The van der Waals surface area contributed by atoms with Gasteiger partial charge in [-0.3, -0.25) is 0 Å². The Labute approximate surface area is 154 Å². The molecule has 25 heavy (non-hydrogen) atoms. The lowest BCUT2D eigenvalue weighted by Gasteiger charge is -2.41. The number of aryl methyl sites for hydroxylation is 2. The predicted octanol–water partition coefficient (Wildman–Crippen LogP) is 4.70. The number of carbonyl (C=O) groups is 1. The molecule has 0 radical (unpaired) electrons. The van der Waals surface area contributed by atoms with Gasteiger partial charge in [-0.15, -0.1) is 0 Å². The van der Waals surface area contributed by atoms with Crippen molar-refractivity contribution in [1.82, 2.24) is 4.90 Å². The standard InChI is InChI=1S/C20H24ClN3O/c1-14-6-4-8-17(12-14)24-11-10-23(13-16(24)3)20(25)22-19-15(2)7-5-9-18(19)21/h4-9,12,16H,10-11,13H2,1-3H3,(H,22,25). The predicted molar refractivity (Wildman–Crippen MR) is 105 cm³/mol. The Morgan fingerprint density at radius 3 is 2.60 bits per heavy atom. The second-order valence-corrected chi connectivity index (χ2v) is 7.10. The van der Waals surface area contributed by atoms with Gasteiger partial charge in [0.15, 0.2) is 0 Å². The number of piperazine rings is 1. The summed E-state index contributed by atoms with van der Waals surface area (Å²) in [4.78, 5) is 16.9. The summed E-state index contributed by atoms with van der Waals surface area (Å²) in [5.74, 6) is 0. The van der Waals surface area contributed by atoms with Crippen LogP contribution in [0.1, 0.15) is 18.1 Å². The van der Waals surface area contributed by atoms with E-state index in [1.54, 1.807) is 6.07 Å². The fourth-order valence-corrected chi connectivity index (χ4v) is 3.58. The van der Waals surface area contributed by atoms with Crippen LogP contribution in [0.25, 0.3) is 0 Å². The van der Waals surface area contributed by atoms with E-state index in [-0.39, 0.29) is 12.1 Å². The number of benzene rings is 2. The van der Waals surface area contributed by atoms with Crippen LogP contribution < -0.4 is 10.2 Å². The zero-order valence-corrected chi connectivity index (χ0v) is 15.7. The van der Waals surface area contributed by atoms with Crippen molar-refractivity contribution in [3.05, 3.63) is 58.6 Å². The monoisotopic (exact) mass is 357 g/mol. The number of amides is 2. The third-order valence-electron chi connectivity index (χ3n) is 4.70. The smallest absolute Gasteiger partial charge is 0.322 e. The molecule has 0 saturated carbocycles. The van der Waals surface area contributed by atoms with Crippen LogP contribution in [0.2, 0.25) is 5.02 Å². The highest BCUT2D eigenvalue weighted by Gasteiger charge is 2.27. The molecule has 2 aromatic carbocycles. The Hall–Kier alpha value is -2.20. The second-order valence-electron chi connectivity index (χ2n) is 6.69. The van der Waals surface area contributed by atoms with Crippen LogP contribution in [0.5, 0.6) is 0 Å². The molecule has 2 amide bonds. The first-order valence-corrected chi connectivity index (χ1v) is 8.98. The highest BCUT2D eigenvalue weighted by atomic mass is 35.5. The summed E-state index contributed by atoms with van der Waals surface area (Å²) in [5.41, 5.74) is 4.13. The maximum atomic E-state index is 12.7. The first-order valence-electron chi connectivity index (χ1n) is 8.60. The number of anilines is 2. The highest BCUT2D eigenvalue weighted by Crippen LogP contribution is 2.26. The van der Waals surface area contributed by atoms with E-state index >= 15 is 0 Å². The van der Waals surface area contributed by atoms with Crippen LogP contribution in [-0.2, 0) is 0 Å². The number of hydrogen-bond acceptors (Lipinski definition) is 2. The Morgan fingerprint density at radius 1 is 1.16 bits per heavy atom. The van der Waals surface area contributed by atoms with E-state index in [1.165, 1.54) is 11.3 Å². The van der Waals surface area contributed by atoms with E-state index in [4.69, 9.17) is 11.6 Å². The van der Waals surface area contributed by atoms with Gasteiger partial charge in [0.2, 0.25) is 0 Å². The van der Waals surface area contributed by atoms with Crippen molar-refractivity contribution in [2.45, 2.75) is 26.8 Å². The van der Waals surface area contributed by atoms with Crippen LogP contribution in [0.3, 0.4) is 0 Å². The molecule has 5 heteroatoms. The molecule has 1 saturated heterocycles. The molecule has 1 N–H and O–H groups in total. The van der Waals surface area contributed by atoms with Gasteiger partial charge in [0, 0.05) is 31.4 Å². The highest BCUT2D eigenvalue weighted by molar-refractivity contribution is 6.33. The maximum Gasteiger partial charge on any atom is 0.322 e. The first-order chi connectivity index (χ1) is 12.0. The van der Waals surface area contributed by atoms with Gasteiger partial charge in [0.1, 0.15) is 0 Å². The van der Waals surface area contributed by atoms with Gasteiger partial charge in [0.05, 0.1) is 10.7 Å². The molecule has 1 fully saturated rings. The molecule has 0 aliphatic carbocycles. The average molecular weight is 358 g/mol. The first kappa shape index (κ1) is 17.6. The largest absolute Gasteiger partial charge is 0.365 e. The van der Waals surface area contributed by atoms with Crippen molar-refractivity contribution < 1.29 is 4.79 Å². The van der Waals surface area contributed by atoms with Gasteiger partial charge in [-0.1, -0.05) is 35.9 Å². The summed E-state index contributed by atoms with van der Waals surface area (Å²) in [5, 5.41) is 3.54. The van der Waals surface area contributed by atoms with Crippen molar-refractivity contribution >= 4 is 29.0 Å². The average Bonchev–Trinajstić information content (AvgIpc) is 2.58. The Morgan fingerprint density at radius 2 is 1.92 bits per heavy atom. The van der Waals surface area contributed by atoms with Crippen molar-refractivity contribution in [1.29, 1.82) is 0 Å². The third-order valence-corrected chi connectivity index (χ3v) is 5.02. The molecule has 1 aliphatic rings. The molecular formula is C20H24ClN3O. The van der Waals surface area contributed by atoms with Crippen LogP contribution in [0.4, 0.5) is 16.2 Å². The maximum absolute atomic E-state index is 12.7. The summed E-state index contributed by atoms with van der Waals surface area (Å²) in [6.45, 7) is 8.39. The molecule has 2 aromatic rings. The zero-order valence-electron chi connectivity index (χ0n) is 14.9. The summed E-state index contributed by atoms with van der Waals surface area (Å²) < 4.78 is 0. The minimum absolute atomic E-state index is 0.0908. The molecule has 0 spiro atoms. The summed E-state index contributed by atoms with van der Waals surface area (Å²) >= 11 is 6.22. The normalized spacial score (nSPS) is 17.5. The molecule has 0 bridgehead atoms. The van der Waals surface area contributed by atoms with Gasteiger partial charge in [0.25, 0.3) is 0 Å². The topological polar surface area (TPSA) is 35.6 Å². The molecule has 4 nitrogen and oxygen atoms in total. The van der Waals surface area contributed by atoms with Gasteiger partial charge in [-0.2, -0.15) is 0 Å². The molecule has 1 aliphatic heterocycles. The fraction of sp³-hybridized carbons (Fsp3) is 0.350. The minimum Gasteiger partial charge on any atom is -0.365 e. The number of urea groups is 1. The lowest BCUT2D eigenvalue weighted by Crippen LogP contribution is -2.54. The van der Waals surface area contributed by atoms with Crippen LogP contribution in [0.15, 0.2) is 42.5 Å². The van der Waals surface area contributed by atoms with Crippen molar-refractivity contribution in [2.75, 3.05) is 29.9 Å². The van der Waals surface area contributed by atoms with E-state index in [9.17, 15) is 4.79 Å². The molecule has 1 atom stereocenters. The Balaban J connectivity index is 1.67. The lowest BCUT2D eigenvalue weighted by molar-refractivity contribution is 0.200. The molecule has 3 rings (SSSR count). The quantitative estimate of drug-likeness (QED) is 0.845. The second kappa shape index (κ2) is 7.36. The molecule has 1 heterocycles. The van der Waals surface area contributed by atoms with E-state index in [1.807, 2.05) is 24.0 Å². The molecule has 1 unspecified atom stereocenters. The summed E-state index contributed by atoms with van der Waals surface area (Å²) in [6.07, 6.45) is 0. The van der Waals surface area contributed by atoms with Crippen molar-refractivity contribution in [2.24, 2.45) is 0 Å². The van der Waals surface area contributed by atoms with Gasteiger partial charge in [-0.25, -0.2) is 4.79 Å². The summed E-state index contributed by atoms with van der Waals surface area (Å²) in [7, 11) is 0. The van der Waals surface area contributed by atoms with Crippen molar-refractivity contribution in [3.8, 4) is 0 Å².